The monoisotopic (exact) mass is 350 g/mol. The van der Waals surface area contributed by atoms with Crippen LogP contribution >= 0.6 is 0 Å². The molecule has 2 atom stereocenters. The van der Waals surface area contributed by atoms with E-state index in [-0.39, 0.29) is 3.61 Å². The van der Waals surface area contributed by atoms with Gasteiger partial charge in [0, 0.05) is 0 Å². The molecule has 0 aromatic carbocycles. The van der Waals surface area contributed by atoms with Crippen LogP contribution < -0.4 is 0 Å². The van der Waals surface area contributed by atoms with Crippen LogP contribution in [-0.4, -0.2) is 19.0 Å². The third-order valence-corrected chi connectivity index (χ3v) is 8.70. The van der Waals surface area contributed by atoms with Crippen molar-refractivity contribution >= 4 is 8.80 Å². The van der Waals surface area contributed by atoms with Crippen LogP contribution in [0.3, 0.4) is 0 Å². The van der Waals surface area contributed by atoms with Gasteiger partial charge in [0.05, 0.1) is 0 Å². The second-order valence-corrected chi connectivity index (χ2v) is 9.17. The zero-order valence-corrected chi connectivity index (χ0v) is 10.3. The predicted octanol–water partition coefficient (Wildman–Crippen LogP) is 1.55. The van der Waals surface area contributed by atoms with Crippen molar-refractivity contribution in [2.24, 2.45) is 0 Å². The summed E-state index contributed by atoms with van der Waals surface area (Å²) >= 11 is 2.47. The maximum atomic E-state index is 5.80. The van der Waals surface area contributed by atoms with E-state index < -0.39 is 8.80 Å². The molecule has 1 fully saturated rings. The molecule has 0 spiro atoms. The number of hydrogen-bond donors (Lipinski definition) is 0. The summed E-state index contributed by atoms with van der Waals surface area (Å²) in [6.45, 7) is 7.12. The zero-order chi connectivity index (χ0) is 8.32. The molecular weight excluding hydrogens is 335 g/mol. The summed E-state index contributed by atoms with van der Waals surface area (Å²) < 4.78 is 5.98. The molecule has 0 radical (unpaired) electrons. The summed E-state index contributed by atoms with van der Waals surface area (Å²) in [6.07, 6.45) is 3.80. The Bertz CT molecular complexity index is 143. The Hall–Kier alpha value is 0.605. The SMILES string of the molecule is C=C[SiH](C)[C]1([Pt])CCCCO1. The fraction of sp³-hybridized carbons (Fsp3) is 0.750. The topological polar surface area (TPSA) is 9.23 Å². The van der Waals surface area contributed by atoms with Crippen LogP contribution in [0.2, 0.25) is 6.55 Å². The number of hydrogen-bond acceptors (Lipinski definition) is 1. The average Bonchev–Trinajstić information content (AvgIpc) is 2.04. The summed E-state index contributed by atoms with van der Waals surface area (Å²) in [5.41, 5.74) is 2.12. The van der Waals surface area contributed by atoms with Crippen molar-refractivity contribution in [2.45, 2.75) is 29.4 Å². The summed E-state index contributed by atoms with van der Waals surface area (Å²) in [6, 6.07) is 0. The van der Waals surface area contributed by atoms with Crippen molar-refractivity contribution in [3.05, 3.63) is 12.3 Å². The Labute approximate surface area is 81.7 Å². The van der Waals surface area contributed by atoms with Crippen LogP contribution in [0.1, 0.15) is 19.3 Å². The predicted molar refractivity (Wildman–Crippen MR) is 45.7 cm³/mol. The first-order valence-corrected chi connectivity index (χ1v) is 7.65. The minimum atomic E-state index is -0.848. The van der Waals surface area contributed by atoms with E-state index in [2.05, 4.69) is 38.6 Å². The van der Waals surface area contributed by atoms with Gasteiger partial charge in [-0.2, -0.15) is 0 Å². The summed E-state index contributed by atoms with van der Waals surface area (Å²) in [7, 11) is -0.848. The molecular formula is C8H15OPtSi. The van der Waals surface area contributed by atoms with E-state index >= 15 is 0 Å². The van der Waals surface area contributed by atoms with Crippen molar-refractivity contribution < 1.29 is 24.6 Å². The fourth-order valence-corrected chi connectivity index (χ4v) is 4.11. The molecule has 2 unspecified atom stereocenters. The average molecular weight is 350 g/mol. The quantitative estimate of drug-likeness (QED) is 0.687. The van der Waals surface area contributed by atoms with Gasteiger partial charge < -0.3 is 0 Å². The van der Waals surface area contributed by atoms with Crippen LogP contribution in [0.5, 0.6) is 0 Å². The minimum absolute atomic E-state index is 0.181. The van der Waals surface area contributed by atoms with Crippen LogP contribution in [0.25, 0.3) is 0 Å². The van der Waals surface area contributed by atoms with E-state index in [4.69, 9.17) is 4.74 Å². The zero-order valence-electron chi connectivity index (χ0n) is 6.91. The third-order valence-electron chi connectivity index (χ3n) is 2.24. The Morgan fingerprint density at radius 2 is 2.36 bits per heavy atom. The summed E-state index contributed by atoms with van der Waals surface area (Å²) in [5, 5.41) is 0. The van der Waals surface area contributed by atoms with E-state index in [0.29, 0.717) is 0 Å². The molecule has 0 aliphatic carbocycles. The normalized spacial score (nSPS) is 34.8. The molecule has 1 nitrogen and oxygen atoms in total. The van der Waals surface area contributed by atoms with E-state index in [0.717, 1.165) is 6.61 Å². The summed E-state index contributed by atoms with van der Waals surface area (Å²) in [4.78, 5) is 0. The Morgan fingerprint density at radius 3 is 2.82 bits per heavy atom. The molecule has 3 heteroatoms. The second kappa shape index (κ2) is 4.02. The van der Waals surface area contributed by atoms with Gasteiger partial charge in [-0.1, -0.05) is 0 Å². The molecule has 0 aromatic heterocycles. The first-order valence-electron chi connectivity index (χ1n) is 4.11. The van der Waals surface area contributed by atoms with Gasteiger partial charge in [0.2, 0.25) is 0 Å². The molecule has 0 saturated carbocycles. The molecule has 67 valence electrons. The van der Waals surface area contributed by atoms with Gasteiger partial charge in [0.15, 0.2) is 0 Å². The van der Waals surface area contributed by atoms with Crippen molar-refractivity contribution in [1.82, 2.24) is 0 Å². The molecule has 1 saturated heterocycles. The van der Waals surface area contributed by atoms with Gasteiger partial charge in [0.1, 0.15) is 0 Å². The molecule has 1 aliphatic heterocycles. The van der Waals surface area contributed by atoms with E-state index in [9.17, 15) is 0 Å². The standard InChI is InChI=1S/C8H15OSi.Pt/c1-3-10(2)8-6-4-5-7-9-8;/h3,10H,1,4-7H2,2H3;. The molecule has 0 N–H and O–H groups in total. The van der Waals surface area contributed by atoms with Gasteiger partial charge in [-0.3, -0.25) is 0 Å². The number of ether oxygens (including phenoxy) is 1. The van der Waals surface area contributed by atoms with Crippen LogP contribution in [0.4, 0.5) is 0 Å². The van der Waals surface area contributed by atoms with Gasteiger partial charge in [0.25, 0.3) is 0 Å². The maximum absolute atomic E-state index is 5.80. The van der Waals surface area contributed by atoms with Crippen LogP contribution in [0, 0.1) is 0 Å². The molecule has 11 heavy (non-hydrogen) atoms. The Kier molecular flexibility index (Phi) is 3.54. The number of rotatable bonds is 2. The van der Waals surface area contributed by atoms with Crippen LogP contribution in [0.15, 0.2) is 12.3 Å². The fourth-order valence-electron chi connectivity index (χ4n) is 1.29. The molecule has 1 heterocycles. The van der Waals surface area contributed by atoms with Gasteiger partial charge in [-0.15, -0.1) is 0 Å². The first kappa shape index (κ1) is 9.69. The van der Waals surface area contributed by atoms with Crippen molar-refractivity contribution in [2.75, 3.05) is 6.61 Å². The molecule has 0 amide bonds. The van der Waals surface area contributed by atoms with E-state index in [1.54, 1.807) is 0 Å². The molecule has 1 aliphatic rings. The molecule has 0 aromatic rings. The van der Waals surface area contributed by atoms with Crippen molar-refractivity contribution in [3.63, 3.8) is 0 Å². The van der Waals surface area contributed by atoms with Crippen LogP contribution in [-0.2, 0) is 24.6 Å². The third kappa shape index (κ3) is 2.27. The van der Waals surface area contributed by atoms with Gasteiger partial charge in [-0.25, -0.2) is 0 Å². The summed E-state index contributed by atoms with van der Waals surface area (Å²) in [5.74, 6) is 0. The Morgan fingerprint density at radius 1 is 1.64 bits per heavy atom. The first-order chi connectivity index (χ1) is 5.19. The van der Waals surface area contributed by atoms with Crippen molar-refractivity contribution in [3.8, 4) is 0 Å². The van der Waals surface area contributed by atoms with E-state index in [1.807, 2.05) is 0 Å². The molecule has 0 bridgehead atoms. The van der Waals surface area contributed by atoms with Crippen molar-refractivity contribution in [1.29, 1.82) is 0 Å². The van der Waals surface area contributed by atoms with Gasteiger partial charge in [-0.05, 0) is 0 Å². The molecule has 1 rings (SSSR count). The Balaban J connectivity index is 2.55. The van der Waals surface area contributed by atoms with E-state index in [1.165, 1.54) is 19.3 Å². The second-order valence-electron chi connectivity index (χ2n) is 3.06. The van der Waals surface area contributed by atoms with Gasteiger partial charge >= 0.3 is 81.7 Å².